The molecule has 8 heteroatoms. The summed E-state index contributed by atoms with van der Waals surface area (Å²) in [6, 6.07) is 14.7. The summed E-state index contributed by atoms with van der Waals surface area (Å²) >= 11 is 0. The SMILES string of the molecule is CC[C@@H](C(=O)NC1CCCC1)N(CCc1ccccc1)C(=O)CN(c1cccc(C)c1C)S(C)(=O)=O. The summed E-state index contributed by atoms with van der Waals surface area (Å²) in [5, 5.41) is 3.13. The van der Waals surface area contributed by atoms with Crippen LogP contribution >= 0.6 is 0 Å². The average Bonchev–Trinajstić information content (AvgIpc) is 3.35. The quantitative estimate of drug-likeness (QED) is 0.492. The number of hydrogen-bond acceptors (Lipinski definition) is 4. The number of amides is 2. The molecule has 1 aliphatic carbocycles. The molecule has 1 atom stereocenters. The minimum absolute atomic E-state index is 0.139. The Morgan fingerprint density at radius 1 is 1.03 bits per heavy atom. The summed E-state index contributed by atoms with van der Waals surface area (Å²) in [4.78, 5) is 28.6. The molecular formula is C28H39N3O4S. The number of sulfonamides is 1. The van der Waals surface area contributed by atoms with Gasteiger partial charge in [0.15, 0.2) is 0 Å². The maximum Gasteiger partial charge on any atom is 0.244 e. The Balaban J connectivity index is 1.89. The Kier molecular flexibility index (Phi) is 9.54. The minimum Gasteiger partial charge on any atom is -0.352 e. The summed E-state index contributed by atoms with van der Waals surface area (Å²) in [5.74, 6) is -0.547. The van der Waals surface area contributed by atoms with Crippen molar-refractivity contribution in [3.63, 3.8) is 0 Å². The molecule has 1 aliphatic rings. The number of benzene rings is 2. The first kappa shape index (κ1) is 27.7. The van der Waals surface area contributed by atoms with Crippen LogP contribution in [0.1, 0.15) is 55.7 Å². The van der Waals surface area contributed by atoms with Crippen molar-refractivity contribution in [2.45, 2.75) is 71.4 Å². The lowest BCUT2D eigenvalue weighted by Gasteiger charge is -2.33. The largest absolute Gasteiger partial charge is 0.352 e. The molecule has 3 rings (SSSR count). The van der Waals surface area contributed by atoms with Crippen molar-refractivity contribution in [1.82, 2.24) is 10.2 Å². The molecule has 1 saturated carbocycles. The monoisotopic (exact) mass is 513 g/mol. The number of aryl methyl sites for hydroxylation is 1. The molecular weight excluding hydrogens is 474 g/mol. The van der Waals surface area contributed by atoms with E-state index in [0.717, 1.165) is 52.9 Å². The Labute approximate surface area is 215 Å². The highest BCUT2D eigenvalue weighted by molar-refractivity contribution is 7.92. The van der Waals surface area contributed by atoms with Gasteiger partial charge < -0.3 is 10.2 Å². The van der Waals surface area contributed by atoms with E-state index in [0.29, 0.717) is 25.1 Å². The second-order valence-corrected chi connectivity index (χ2v) is 11.6. The molecule has 2 amide bonds. The molecule has 0 aromatic heterocycles. The fourth-order valence-electron chi connectivity index (χ4n) is 4.86. The van der Waals surface area contributed by atoms with Gasteiger partial charge in [0.05, 0.1) is 11.9 Å². The van der Waals surface area contributed by atoms with E-state index >= 15 is 0 Å². The lowest BCUT2D eigenvalue weighted by molar-refractivity contribution is -0.139. The number of hydrogen-bond donors (Lipinski definition) is 1. The molecule has 0 spiro atoms. The van der Waals surface area contributed by atoms with Gasteiger partial charge in [-0.05, 0) is 62.3 Å². The van der Waals surface area contributed by atoms with Crippen molar-refractivity contribution in [3.05, 3.63) is 65.2 Å². The zero-order valence-corrected chi connectivity index (χ0v) is 22.7. The molecule has 7 nitrogen and oxygen atoms in total. The van der Waals surface area contributed by atoms with Crippen molar-refractivity contribution in [3.8, 4) is 0 Å². The van der Waals surface area contributed by atoms with Gasteiger partial charge in [0.1, 0.15) is 12.6 Å². The lowest BCUT2D eigenvalue weighted by atomic mass is 10.1. The second kappa shape index (κ2) is 12.4. The van der Waals surface area contributed by atoms with E-state index in [-0.39, 0.29) is 24.4 Å². The number of nitrogens with one attached hydrogen (secondary N) is 1. The van der Waals surface area contributed by atoms with Crippen LogP contribution in [0.5, 0.6) is 0 Å². The smallest absolute Gasteiger partial charge is 0.244 e. The molecule has 0 radical (unpaired) electrons. The predicted octanol–water partition coefficient (Wildman–Crippen LogP) is 3.98. The van der Waals surface area contributed by atoms with Crippen molar-refractivity contribution in [2.75, 3.05) is 23.7 Å². The van der Waals surface area contributed by atoms with Gasteiger partial charge in [-0.2, -0.15) is 0 Å². The third-order valence-electron chi connectivity index (χ3n) is 7.10. The zero-order chi connectivity index (χ0) is 26.3. The van der Waals surface area contributed by atoms with Crippen LogP contribution in [-0.2, 0) is 26.0 Å². The topological polar surface area (TPSA) is 86.8 Å². The molecule has 0 bridgehead atoms. The number of carbonyl (C=O) groups excluding carboxylic acids is 2. The van der Waals surface area contributed by atoms with Crippen LogP contribution < -0.4 is 9.62 Å². The summed E-state index contributed by atoms with van der Waals surface area (Å²) < 4.78 is 26.8. The third-order valence-corrected chi connectivity index (χ3v) is 8.22. The van der Waals surface area contributed by atoms with Crippen LogP contribution in [-0.4, -0.2) is 56.6 Å². The van der Waals surface area contributed by atoms with Gasteiger partial charge in [0.25, 0.3) is 0 Å². The maximum absolute atomic E-state index is 13.8. The summed E-state index contributed by atoms with van der Waals surface area (Å²) in [7, 11) is -3.74. The van der Waals surface area contributed by atoms with Crippen LogP contribution in [0.15, 0.2) is 48.5 Å². The standard InChI is InChI=1S/C28H39N3O4S/c1-5-25(28(33)29-24-15-9-10-16-24)30(19-18-23-13-7-6-8-14-23)27(32)20-31(36(4,34)35)26-17-11-12-21(2)22(26)3/h6-8,11-14,17,24-25H,5,9-10,15-16,18-20H2,1-4H3,(H,29,33)/t25-/m0/s1. The Morgan fingerprint density at radius 2 is 1.69 bits per heavy atom. The lowest BCUT2D eigenvalue weighted by Crippen LogP contribution is -2.54. The van der Waals surface area contributed by atoms with Crippen LogP contribution in [0.2, 0.25) is 0 Å². The molecule has 1 fully saturated rings. The molecule has 0 unspecified atom stereocenters. The van der Waals surface area contributed by atoms with Crippen LogP contribution in [0.4, 0.5) is 5.69 Å². The normalized spacial score (nSPS) is 14.9. The number of nitrogens with zero attached hydrogens (tertiary/aromatic N) is 2. The van der Waals surface area contributed by atoms with Crippen LogP contribution in [0, 0.1) is 13.8 Å². The van der Waals surface area contributed by atoms with Crippen molar-refractivity contribution in [2.24, 2.45) is 0 Å². The first-order valence-corrected chi connectivity index (χ1v) is 14.6. The van der Waals surface area contributed by atoms with E-state index in [9.17, 15) is 18.0 Å². The summed E-state index contributed by atoms with van der Waals surface area (Å²) in [6.07, 6.45) is 6.22. The first-order chi connectivity index (χ1) is 17.1. The van der Waals surface area contributed by atoms with E-state index in [1.54, 1.807) is 17.0 Å². The molecule has 2 aromatic carbocycles. The number of rotatable bonds is 11. The van der Waals surface area contributed by atoms with E-state index in [1.807, 2.05) is 57.2 Å². The maximum atomic E-state index is 13.8. The van der Waals surface area contributed by atoms with E-state index < -0.39 is 16.1 Å². The molecule has 36 heavy (non-hydrogen) atoms. The zero-order valence-electron chi connectivity index (χ0n) is 21.9. The second-order valence-electron chi connectivity index (χ2n) is 9.73. The minimum atomic E-state index is -3.74. The van der Waals surface area contributed by atoms with Gasteiger partial charge in [-0.3, -0.25) is 13.9 Å². The molecule has 1 N–H and O–H groups in total. The van der Waals surface area contributed by atoms with Gasteiger partial charge in [-0.25, -0.2) is 8.42 Å². The van der Waals surface area contributed by atoms with Gasteiger partial charge in [0, 0.05) is 12.6 Å². The third kappa shape index (κ3) is 7.09. The van der Waals surface area contributed by atoms with E-state index in [2.05, 4.69) is 5.32 Å². The molecule has 0 aliphatic heterocycles. The highest BCUT2D eigenvalue weighted by Gasteiger charge is 2.33. The molecule has 0 heterocycles. The van der Waals surface area contributed by atoms with Crippen molar-refractivity contribution in [1.29, 1.82) is 0 Å². The predicted molar refractivity (Wildman–Crippen MR) is 144 cm³/mol. The number of carbonyl (C=O) groups is 2. The van der Waals surface area contributed by atoms with Gasteiger partial charge in [0.2, 0.25) is 21.8 Å². The Hall–Kier alpha value is -2.87. The first-order valence-electron chi connectivity index (χ1n) is 12.8. The highest BCUT2D eigenvalue weighted by Crippen LogP contribution is 2.25. The van der Waals surface area contributed by atoms with Crippen LogP contribution in [0.25, 0.3) is 0 Å². The Bertz CT molecular complexity index is 1140. The van der Waals surface area contributed by atoms with Crippen molar-refractivity contribution < 1.29 is 18.0 Å². The average molecular weight is 514 g/mol. The summed E-state index contributed by atoms with van der Waals surface area (Å²) in [6.45, 7) is 5.62. The molecule has 196 valence electrons. The van der Waals surface area contributed by atoms with Crippen LogP contribution in [0.3, 0.4) is 0 Å². The van der Waals surface area contributed by atoms with Crippen molar-refractivity contribution >= 4 is 27.5 Å². The fourth-order valence-corrected chi connectivity index (χ4v) is 5.76. The summed E-state index contributed by atoms with van der Waals surface area (Å²) in [5.41, 5.74) is 3.28. The Morgan fingerprint density at radius 3 is 2.31 bits per heavy atom. The molecule has 0 saturated heterocycles. The van der Waals surface area contributed by atoms with Gasteiger partial charge >= 0.3 is 0 Å². The fraction of sp³-hybridized carbons (Fsp3) is 0.500. The highest BCUT2D eigenvalue weighted by atomic mass is 32.2. The van der Waals surface area contributed by atoms with Gasteiger partial charge in [-0.1, -0.05) is 62.2 Å². The molecule has 2 aromatic rings. The van der Waals surface area contributed by atoms with E-state index in [4.69, 9.17) is 0 Å². The van der Waals surface area contributed by atoms with Gasteiger partial charge in [-0.15, -0.1) is 0 Å². The number of anilines is 1. The van der Waals surface area contributed by atoms with E-state index in [1.165, 1.54) is 0 Å².